The summed E-state index contributed by atoms with van der Waals surface area (Å²) < 4.78 is 8.32. The van der Waals surface area contributed by atoms with Gasteiger partial charge in [-0.2, -0.15) is 5.10 Å². The molecule has 3 heterocycles. The monoisotopic (exact) mass is 405 g/mol. The van der Waals surface area contributed by atoms with Gasteiger partial charge in [0.2, 0.25) is 0 Å². The average molecular weight is 407 g/mol. The van der Waals surface area contributed by atoms with Crippen LogP contribution in [0.3, 0.4) is 0 Å². The zero-order valence-corrected chi connectivity index (χ0v) is 15.3. The maximum Gasteiger partial charge on any atom is 0.164 e. The van der Waals surface area contributed by atoms with Gasteiger partial charge in [0.1, 0.15) is 28.1 Å². The highest BCUT2D eigenvalue weighted by atomic mass is 79.9. The van der Waals surface area contributed by atoms with Gasteiger partial charge in [-0.1, -0.05) is 11.6 Å². The predicted octanol–water partition coefficient (Wildman–Crippen LogP) is 4.70. The summed E-state index contributed by atoms with van der Waals surface area (Å²) in [7, 11) is 1.84. The molecule has 1 unspecified atom stereocenters. The SMILES string of the molecule is CC(Nc1ncnc2c1c(Br)nn2C)c1cc2cc(Cl)ccc2o1. The van der Waals surface area contributed by atoms with E-state index >= 15 is 0 Å². The number of hydrogen-bond donors (Lipinski definition) is 1. The van der Waals surface area contributed by atoms with Crippen molar-refractivity contribution in [2.24, 2.45) is 7.05 Å². The van der Waals surface area contributed by atoms with E-state index in [0.29, 0.717) is 15.4 Å². The zero-order valence-electron chi connectivity index (χ0n) is 12.9. The smallest absolute Gasteiger partial charge is 0.164 e. The van der Waals surface area contributed by atoms with Crippen LogP contribution in [0.5, 0.6) is 0 Å². The van der Waals surface area contributed by atoms with Crippen molar-refractivity contribution in [3.05, 3.63) is 46.0 Å². The van der Waals surface area contributed by atoms with E-state index in [0.717, 1.165) is 27.8 Å². The number of nitrogens with zero attached hydrogens (tertiary/aromatic N) is 4. The Labute approximate surface area is 151 Å². The zero-order chi connectivity index (χ0) is 16.8. The molecule has 0 aliphatic heterocycles. The quantitative estimate of drug-likeness (QED) is 0.534. The minimum Gasteiger partial charge on any atom is -0.459 e. The van der Waals surface area contributed by atoms with Crippen LogP contribution in [0.2, 0.25) is 5.02 Å². The minimum absolute atomic E-state index is 0.0821. The van der Waals surface area contributed by atoms with Gasteiger partial charge in [0.05, 0.1) is 11.4 Å². The van der Waals surface area contributed by atoms with Crippen LogP contribution < -0.4 is 5.32 Å². The van der Waals surface area contributed by atoms with Crippen LogP contribution in [-0.2, 0) is 7.05 Å². The van der Waals surface area contributed by atoms with Crippen LogP contribution in [0.25, 0.3) is 22.0 Å². The maximum atomic E-state index is 6.03. The maximum absolute atomic E-state index is 6.03. The van der Waals surface area contributed by atoms with Crippen molar-refractivity contribution in [2.75, 3.05) is 5.32 Å². The average Bonchev–Trinajstić information content (AvgIpc) is 3.09. The second-order valence-electron chi connectivity index (χ2n) is 5.53. The molecule has 0 spiro atoms. The summed E-state index contributed by atoms with van der Waals surface area (Å²) in [4.78, 5) is 8.61. The highest BCUT2D eigenvalue weighted by molar-refractivity contribution is 9.10. The molecule has 8 heteroatoms. The van der Waals surface area contributed by atoms with Crippen molar-refractivity contribution in [2.45, 2.75) is 13.0 Å². The molecular formula is C16H13BrClN5O. The molecule has 0 bridgehead atoms. The van der Waals surface area contributed by atoms with E-state index in [1.165, 1.54) is 6.33 Å². The highest BCUT2D eigenvalue weighted by Crippen LogP contribution is 2.31. The normalized spacial score (nSPS) is 12.8. The van der Waals surface area contributed by atoms with Crippen molar-refractivity contribution < 1.29 is 4.42 Å². The van der Waals surface area contributed by atoms with Crippen LogP contribution in [0, 0.1) is 0 Å². The Bertz CT molecular complexity index is 1060. The molecule has 0 saturated carbocycles. The second-order valence-corrected chi connectivity index (χ2v) is 6.72. The molecule has 1 aromatic carbocycles. The van der Waals surface area contributed by atoms with Crippen molar-refractivity contribution in [1.29, 1.82) is 0 Å². The lowest BCUT2D eigenvalue weighted by Gasteiger charge is -2.12. The fourth-order valence-corrected chi connectivity index (χ4v) is 3.46. The first-order valence-corrected chi connectivity index (χ1v) is 8.49. The molecule has 24 heavy (non-hydrogen) atoms. The van der Waals surface area contributed by atoms with Crippen molar-refractivity contribution >= 4 is 55.4 Å². The summed E-state index contributed by atoms with van der Waals surface area (Å²) in [5.74, 6) is 1.50. The first-order chi connectivity index (χ1) is 11.5. The van der Waals surface area contributed by atoms with E-state index in [1.54, 1.807) is 4.68 Å². The topological polar surface area (TPSA) is 68.8 Å². The van der Waals surface area contributed by atoms with E-state index in [2.05, 4.69) is 36.3 Å². The number of furan rings is 1. The number of rotatable bonds is 3. The number of fused-ring (bicyclic) bond motifs is 2. The molecule has 1 N–H and O–H groups in total. The molecule has 0 fully saturated rings. The third-order valence-corrected chi connectivity index (χ3v) is 4.65. The Hall–Kier alpha value is -2.12. The van der Waals surface area contributed by atoms with Gasteiger partial charge >= 0.3 is 0 Å². The van der Waals surface area contributed by atoms with E-state index < -0.39 is 0 Å². The lowest BCUT2D eigenvalue weighted by molar-refractivity contribution is 0.526. The van der Waals surface area contributed by atoms with Crippen LogP contribution in [-0.4, -0.2) is 19.7 Å². The van der Waals surface area contributed by atoms with Gasteiger partial charge in [0, 0.05) is 17.5 Å². The van der Waals surface area contributed by atoms with Crippen molar-refractivity contribution in [3.63, 3.8) is 0 Å². The van der Waals surface area contributed by atoms with Gasteiger partial charge in [-0.3, -0.25) is 0 Å². The standard InChI is InChI=1S/C16H13BrClN5O/c1-8(12-6-9-5-10(18)3-4-11(9)24-12)21-15-13-14(17)22-23(2)16(13)20-7-19-15/h3-8H,1-2H3,(H,19,20,21). The summed E-state index contributed by atoms with van der Waals surface area (Å²) in [6.07, 6.45) is 1.52. The summed E-state index contributed by atoms with van der Waals surface area (Å²) in [6.45, 7) is 2.01. The number of nitrogens with one attached hydrogen (secondary N) is 1. The lowest BCUT2D eigenvalue weighted by atomic mass is 10.2. The first-order valence-electron chi connectivity index (χ1n) is 7.31. The molecule has 0 saturated heterocycles. The van der Waals surface area contributed by atoms with Crippen LogP contribution >= 0.6 is 27.5 Å². The number of aromatic nitrogens is 4. The van der Waals surface area contributed by atoms with E-state index in [4.69, 9.17) is 16.0 Å². The van der Waals surface area contributed by atoms with Gasteiger partial charge in [-0.25, -0.2) is 14.6 Å². The molecule has 4 aromatic rings. The summed E-state index contributed by atoms with van der Waals surface area (Å²) >= 11 is 9.49. The number of hydrogen-bond acceptors (Lipinski definition) is 5. The number of aryl methyl sites for hydroxylation is 1. The fourth-order valence-electron chi connectivity index (χ4n) is 2.67. The largest absolute Gasteiger partial charge is 0.459 e. The van der Waals surface area contributed by atoms with Crippen molar-refractivity contribution in [1.82, 2.24) is 19.7 Å². The number of anilines is 1. The van der Waals surface area contributed by atoms with Crippen molar-refractivity contribution in [3.8, 4) is 0 Å². The van der Waals surface area contributed by atoms with Gasteiger partial charge in [-0.05, 0) is 47.1 Å². The Kier molecular flexibility index (Phi) is 3.69. The second kappa shape index (κ2) is 5.75. The molecule has 4 rings (SSSR count). The van der Waals surface area contributed by atoms with E-state index in [1.807, 2.05) is 38.2 Å². The van der Waals surface area contributed by atoms with Gasteiger partial charge in [0.15, 0.2) is 5.65 Å². The molecule has 3 aromatic heterocycles. The molecule has 0 aliphatic rings. The molecule has 0 aliphatic carbocycles. The number of benzene rings is 1. The van der Waals surface area contributed by atoms with Gasteiger partial charge in [-0.15, -0.1) is 0 Å². The number of halogens is 2. The van der Waals surface area contributed by atoms with Crippen LogP contribution in [0.15, 0.2) is 39.6 Å². The van der Waals surface area contributed by atoms with E-state index in [-0.39, 0.29) is 6.04 Å². The molecule has 1 atom stereocenters. The summed E-state index contributed by atoms with van der Waals surface area (Å²) in [5, 5.41) is 10.2. The third kappa shape index (κ3) is 2.53. The molecule has 6 nitrogen and oxygen atoms in total. The fraction of sp³-hybridized carbons (Fsp3) is 0.188. The summed E-state index contributed by atoms with van der Waals surface area (Å²) in [6, 6.07) is 7.47. The molecule has 0 amide bonds. The van der Waals surface area contributed by atoms with Crippen LogP contribution in [0.4, 0.5) is 5.82 Å². The predicted molar refractivity (Wildman–Crippen MR) is 97.3 cm³/mol. The third-order valence-electron chi connectivity index (χ3n) is 3.86. The molecule has 0 radical (unpaired) electrons. The molecule has 122 valence electrons. The highest BCUT2D eigenvalue weighted by Gasteiger charge is 2.17. The van der Waals surface area contributed by atoms with Gasteiger partial charge < -0.3 is 9.73 Å². The Morgan fingerprint density at radius 3 is 2.96 bits per heavy atom. The minimum atomic E-state index is -0.0821. The van der Waals surface area contributed by atoms with E-state index in [9.17, 15) is 0 Å². The summed E-state index contributed by atoms with van der Waals surface area (Å²) in [5.41, 5.74) is 1.56. The Morgan fingerprint density at radius 2 is 2.12 bits per heavy atom. The lowest BCUT2D eigenvalue weighted by Crippen LogP contribution is -2.07. The Morgan fingerprint density at radius 1 is 1.29 bits per heavy atom. The molecular weight excluding hydrogens is 394 g/mol. The van der Waals surface area contributed by atoms with Crippen LogP contribution in [0.1, 0.15) is 18.7 Å². The van der Waals surface area contributed by atoms with Gasteiger partial charge in [0.25, 0.3) is 0 Å². The first kappa shape index (κ1) is 15.4. The Balaban J connectivity index is 1.71.